The van der Waals surface area contributed by atoms with Crippen molar-refractivity contribution in [1.29, 1.82) is 0 Å². The van der Waals surface area contributed by atoms with Crippen molar-refractivity contribution in [1.82, 2.24) is 4.90 Å². The normalized spacial score (nSPS) is 20.5. The second-order valence-electron chi connectivity index (χ2n) is 5.06. The Morgan fingerprint density at radius 2 is 2.05 bits per heavy atom. The van der Waals surface area contributed by atoms with Crippen LogP contribution in [0.3, 0.4) is 0 Å². The molecule has 1 aliphatic rings. The highest BCUT2D eigenvalue weighted by molar-refractivity contribution is 5.87. The van der Waals surface area contributed by atoms with Gasteiger partial charge in [-0.2, -0.15) is 0 Å². The number of Topliss-reactive ketones (excluding diaryl/α,β-unsaturated/α-hetero) is 1. The molecule has 19 heavy (non-hydrogen) atoms. The van der Waals surface area contributed by atoms with Crippen LogP contribution in [-0.2, 0) is 11.3 Å². The molecule has 1 aromatic carbocycles. The van der Waals surface area contributed by atoms with E-state index in [0.717, 1.165) is 31.6 Å². The first-order valence-electron chi connectivity index (χ1n) is 6.67. The van der Waals surface area contributed by atoms with E-state index in [2.05, 4.69) is 4.90 Å². The molecule has 1 unspecified atom stereocenters. The second kappa shape index (κ2) is 5.97. The van der Waals surface area contributed by atoms with Crippen molar-refractivity contribution in [3.8, 4) is 0 Å². The van der Waals surface area contributed by atoms with Crippen LogP contribution in [0.1, 0.15) is 35.7 Å². The van der Waals surface area contributed by atoms with Crippen LogP contribution in [0, 0.1) is 5.92 Å². The highest BCUT2D eigenvalue weighted by Crippen LogP contribution is 2.18. The van der Waals surface area contributed by atoms with Crippen molar-refractivity contribution in [2.24, 2.45) is 5.92 Å². The Morgan fingerprint density at radius 3 is 2.63 bits per heavy atom. The van der Waals surface area contributed by atoms with Gasteiger partial charge in [-0.3, -0.25) is 9.69 Å². The molecule has 0 saturated carbocycles. The molecule has 0 aliphatic carbocycles. The molecule has 0 aromatic heterocycles. The van der Waals surface area contributed by atoms with E-state index in [1.807, 2.05) is 19.1 Å². The lowest BCUT2D eigenvalue weighted by atomic mass is 9.94. The Labute approximate surface area is 113 Å². The van der Waals surface area contributed by atoms with Gasteiger partial charge in [-0.05, 0) is 24.1 Å². The Hall–Kier alpha value is -1.68. The number of rotatable bonds is 4. The first kappa shape index (κ1) is 13.7. The molecule has 4 nitrogen and oxygen atoms in total. The van der Waals surface area contributed by atoms with Crippen LogP contribution in [0.2, 0.25) is 0 Å². The van der Waals surface area contributed by atoms with Crippen molar-refractivity contribution >= 4 is 11.8 Å². The van der Waals surface area contributed by atoms with Crippen LogP contribution in [0.4, 0.5) is 0 Å². The number of carboxylic acid groups (broad SMARTS) is 1. The lowest BCUT2D eigenvalue weighted by molar-refractivity contribution is -0.126. The highest BCUT2D eigenvalue weighted by atomic mass is 16.4. The zero-order valence-corrected chi connectivity index (χ0v) is 11.1. The van der Waals surface area contributed by atoms with Crippen molar-refractivity contribution in [3.63, 3.8) is 0 Å². The summed E-state index contributed by atoms with van der Waals surface area (Å²) in [6.07, 6.45) is 1.53. The van der Waals surface area contributed by atoms with Gasteiger partial charge < -0.3 is 5.11 Å². The largest absolute Gasteiger partial charge is 0.478 e. The molecule has 102 valence electrons. The molecule has 1 heterocycles. The quantitative estimate of drug-likeness (QED) is 0.902. The molecule has 0 bridgehead atoms. The summed E-state index contributed by atoms with van der Waals surface area (Å²) in [6.45, 7) is 4.45. The maximum absolute atomic E-state index is 11.7. The number of carbonyl (C=O) groups is 2. The average molecular weight is 261 g/mol. The highest BCUT2D eigenvalue weighted by Gasteiger charge is 2.25. The zero-order valence-electron chi connectivity index (χ0n) is 11.1. The summed E-state index contributed by atoms with van der Waals surface area (Å²) < 4.78 is 0. The van der Waals surface area contributed by atoms with Crippen LogP contribution >= 0.6 is 0 Å². The number of carbonyl (C=O) groups excluding carboxylic acids is 1. The van der Waals surface area contributed by atoms with Crippen molar-refractivity contribution < 1.29 is 14.7 Å². The summed E-state index contributed by atoms with van der Waals surface area (Å²) in [7, 11) is 0. The van der Waals surface area contributed by atoms with E-state index in [1.165, 1.54) is 0 Å². The Bertz CT molecular complexity index is 467. The maximum atomic E-state index is 11.7. The number of aromatic carboxylic acids is 1. The Morgan fingerprint density at radius 1 is 1.37 bits per heavy atom. The third kappa shape index (κ3) is 3.41. The molecule has 1 fully saturated rings. The summed E-state index contributed by atoms with van der Waals surface area (Å²) in [5, 5.41) is 8.85. The van der Waals surface area contributed by atoms with E-state index in [-0.39, 0.29) is 5.92 Å². The third-order valence-electron chi connectivity index (χ3n) is 3.71. The van der Waals surface area contributed by atoms with E-state index in [0.29, 0.717) is 17.8 Å². The van der Waals surface area contributed by atoms with Crippen molar-refractivity contribution in [2.75, 3.05) is 13.1 Å². The van der Waals surface area contributed by atoms with E-state index >= 15 is 0 Å². The predicted octanol–water partition coefficient (Wildman–Crippen LogP) is 2.19. The Balaban J connectivity index is 1.97. The monoisotopic (exact) mass is 261 g/mol. The number of hydrogen-bond donors (Lipinski definition) is 1. The lowest BCUT2D eigenvalue weighted by Gasteiger charge is -2.31. The predicted molar refractivity (Wildman–Crippen MR) is 72.1 cm³/mol. The number of likely N-dealkylation sites (tertiary alicyclic amines) is 1. The van der Waals surface area contributed by atoms with E-state index in [1.54, 1.807) is 12.1 Å². The molecular formula is C15H19NO3. The van der Waals surface area contributed by atoms with E-state index in [9.17, 15) is 9.59 Å². The molecule has 1 aromatic rings. The fraction of sp³-hybridized carbons (Fsp3) is 0.467. The summed E-state index contributed by atoms with van der Waals surface area (Å²) in [6, 6.07) is 6.95. The molecule has 4 heteroatoms. The number of benzene rings is 1. The maximum Gasteiger partial charge on any atom is 0.335 e. The van der Waals surface area contributed by atoms with Crippen LogP contribution in [0.15, 0.2) is 24.3 Å². The number of ketones is 1. The first-order chi connectivity index (χ1) is 9.10. The fourth-order valence-corrected chi connectivity index (χ4v) is 2.49. The smallest absolute Gasteiger partial charge is 0.335 e. The molecule has 0 amide bonds. The molecule has 1 atom stereocenters. The number of carboxylic acids is 1. The summed E-state index contributed by atoms with van der Waals surface area (Å²) in [5.41, 5.74) is 1.40. The molecule has 1 aliphatic heterocycles. The molecule has 1 saturated heterocycles. The van der Waals surface area contributed by atoms with Gasteiger partial charge in [0.05, 0.1) is 5.56 Å². The number of nitrogens with zero attached hydrogens (tertiary/aromatic N) is 1. The van der Waals surface area contributed by atoms with Crippen LogP contribution in [0.5, 0.6) is 0 Å². The van der Waals surface area contributed by atoms with Crippen LogP contribution in [-0.4, -0.2) is 34.8 Å². The molecule has 0 radical (unpaired) electrons. The van der Waals surface area contributed by atoms with E-state index < -0.39 is 5.97 Å². The molecule has 1 N–H and O–H groups in total. The molecular weight excluding hydrogens is 242 g/mol. The number of piperidine rings is 1. The second-order valence-corrected chi connectivity index (χ2v) is 5.06. The minimum absolute atomic E-state index is 0.159. The van der Waals surface area contributed by atoms with Gasteiger partial charge in [0.2, 0.25) is 0 Å². The first-order valence-corrected chi connectivity index (χ1v) is 6.67. The lowest BCUT2D eigenvalue weighted by Crippen LogP contribution is -2.40. The van der Waals surface area contributed by atoms with Crippen LogP contribution < -0.4 is 0 Å². The minimum Gasteiger partial charge on any atom is -0.478 e. The summed E-state index contributed by atoms with van der Waals surface area (Å²) in [4.78, 5) is 24.7. The van der Waals surface area contributed by atoms with Crippen molar-refractivity contribution in [3.05, 3.63) is 35.4 Å². The van der Waals surface area contributed by atoms with Gasteiger partial charge >= 0.3 is 5.97 Å². The van der Waals surface area contributed by atoms with Gasteiger partial charge in [-0.15, -0.1) is 0 Å². The standard InChI is InChI=1S/C15H19NO3/c1-2-12-10-16(8-7-14(12)17)9-11-3-5-13(6-4-11)15(18)19/h3-6,12H,2,7-10H2,1H3,(H,18,19). The topological polar surface area (TPSA) is 57.6 Å². The van der Waals surface area contributed by atoms with Crippen LogP contribution in [0.25, 0.3) is 0 Å². The van der Waals surface area contributed by atoms with Gasteiger partial charge in [-0.25, -0.2) is 4.79 Å². The fourth-order valence-electron chi connectivity index (χ4n) is 2.49. The van der Waals surface area contributed by atoms with Gasteiger partial charge in [-0.1, -0.05) is 19.1 Å². The summed E-state index contributed by atoms with van der Waals surface area (Å²) in [5.74, 6) is -0.367. The minimum atomic E-state index is -0.902. The van der Waals surface area contributed by atoms with E-state index in [4.69, 9.17) is 5.11 Å². The average Bonchev–Trinajstić information content (AvgIpc) is 2.41. The number of hydrogen-bond acceptors (Lipinski definition) is 3. The Kier molecular flexibility index (Phi) is 4.32. The van der Waals surface area contributed by atoms with Crippen molar-refractivity contribution in [2.45, 2.75) is 26.3 Å². The van der Waals surface area contributed by atoms with Gasteiger partial charge in [0.25, 0.3) is 0 Å². The third-order valence-corrected chi connectivity index (χ3v) is 3.71. The van der Waals surface area contributed by atoms with Gasteiger partial charge in [0.1, 0.15) is 5.78 Å². The van der Waals surface area contributed by atoms with Gasteiger partial charge in [0, 0.05) is 32.0 Å². The molecule has 2 rings (SSSR count). The SMILES string of the molecule is CCC1CN(Cc2ccc(C(=O)O)cc2)CCC1=O. The van der Waals surface area contributed by atoms with Gasteiger partial charge in [0.15, 0.2) is 0 Å². The zero-order chi connectivity index (χ0) is 13.8. The summed E-state index contributed by atoms with van der Waals surface area (Å²) >= 11 is 0. The molecule has 0 spiro atoms.